The van der Waals surface area contributed by atoms with Crippen LogP contribution in [0.5, 0.6) is 11.5 Å². The van der Waals surface area contributed by atoms with E-state index in [-0.39, 0.29) is 18.1 Å². The SMILES string of the molecule is COc1ccc(OC(F)F)c(CNc2ccc(C(F)(F)F)nn2)c1. The number of aromatic nitrogens is 2. The van der Waals surface area contributed by atoms with Crippen LogP contribution in [0.15, 0.2) is 30.3 Å². The highest BCUT2D eigenvalue weighted by atomic mass is 19.4. The molecule has 0 radical (unpaired) electrons. The number of rotatable bonds is 6. The van der Waals surface area contributed by atoms with E-state index in [9.17, 15) is 22.0 Å². The second kappa shape index (κ2) is 7.28. The fourth-order valence-electron chi connectivity index (χ4n) is 1.80. The van der Waals surface area contributed by atoms with Crippen LogP contribution in [0.1, 0.15) is 11.3 Å². The molecule has 0 fully saturated rings. The molecule has 0 aliphatic heterocycles. The van der Waals surface area contributed by atoms with E-state index in [0.717, 1.165) is 12.1 Å². The maximum absolute atomic E-state index is 12.4. The van der Waals surface area contributed by atoms with E-state index in [2.05, 4.69) is 20.3 Å². The third-order valence-corrected chi connectivity index (χ3v) is 2.90. The average Bonchev–Trinajstić information content (AvgIpc) is 2.53. The number of benzene rings is 1. The molecule has 0 saturated carbocycles. The first-order chi connectivity index (χ1) is 11.3. The first-order valence-electron chi connectivity index (χ1n) is 6.56. The van der Waals surface area contributed by atoms with Crippen molar-refractivity contribution >= 4 is 5.82 Å². The molecule has 0 aliphatic rings. The number of anilines is 1. The number of methoxy groups -OCH3 is 1. The zero-order chi connectivity index (χ0) is 17.7. The standard InChI is InChI=1S/C14H12F5N3O2/c1-23-9-2-3-10(24-13(15)16)8(6-9)7-20-12-5-4-11(21-22-12)14(17,18)19/h2-6,13H,7H2,1H3,(H,20,22). The summed E-state index contributed by atoms with van der Waals surface area (Å²) in [6.45, 7) is -3.04. The van der Waals surface area contributed by atoms with E-state index in [4.69, 9.17) is 4.74 Å². The summed E-state index contributed by atoms with van der Waals surface area (Å²) in [4.78, 5) is 0. The molecule has 0 amide bonds. The number of alkyl halides is 5. The molecule has 10 heteroatoms. The molecule has 0 spiro atoms. The van der Waals surface area contributed by atoms with Gasteiger partial charge in [-0.3, -0.25) is 0 Å². The summed E-state index contributed by atoms with van der Waals surface area (Å²) < 4.78 is 71.4. The maximum atomic E-state index is 12.4. The second-order valence-electron chi connectivity index (χ2n) is 4.51. The minimum Gasteiger partial charge on any atom is -0.497 e. The molecule has 0 aliphatic carbocycles. The summed E-state index contributed by atoms with van der Waals surface area (Å²) >= 11 is 0. The maximum Gasteiger partial charge on any atom is 0.435 e. The van der Waals surface area contributed by atoms with Gasteiger partial charge in [-0.05, 0) is 30.3 Å². The van der Waals surface area contributed by atoms with Crippen molar-refractivity contribution in [3.8, 4) is 11.5 Å². The Hall–Kier alpha value is -2.65. The van der Waals surface area contributed by atoms with Gasteiger partial charge >= 0.3 is 12.8 Å². The van der Waals surface area contributed by atoms with Crippen LogP contribution in [0, 0.1) is 0 Å². The van der Waals surface area contributed by atoms with Gasteiger partial charge in [0.2, 0.25) is 0 Å². The average molecular weight is 349 g/mol. The molecule has 1 aromatic heterocycles. The van der Waals surface area contributed by atoms with Gasteiger partial charge in [0.15, 0.2) is 5.69 Å². The Balaban J connectivity index is 2.12. The van der Waals surface area contributed by atoms with Gasteiger partial charge in [0.05, 0.1) is 7.11 Å². The molecular weight excluding hydrogens is 337 g/mol. The zero-order valence-electron chi connectivity index (χ0n) is 12.3. The van der Waals surface area contributed by atoms with Crippen LogP contribution in [0.4, 0.5) is 27.8 Å². The monoisotopic (exact) mass is 349 g/mol. The van der Waals surface area contributed by atoms with Gasteiger partial charge in [-0.1, -0.05) is 0 Å². The first kappa shape index (κ1) is 17.7. The van der Waals surface area contributed by atoms with Crippen molar-refractivity contribution in [3.63, 3.8) is 0 Å². The summed E-state index contributed by atoms with van der Waals surface area (Å²) in [7, 11) is 1.40. The van der Waals surface area contributed by atoms with Crippen LogP contribution in [0.2, 0.25) is 0 Å². The van der Waals surface area contributed by atoms with E-state index in [0.29, 0.717) is 11.3 Å². The van der Waals surface area contributed by atoms with Crippen molar-refractivity contribution in [3.05, 3.63) is 41.6 Å². The number of hydrogen-bond donors (Lipinski definition) is 1. The highest BCUT2D eigenvalue weighted by Gasteiger charge is 2.32. The minimum atomic E-state index is -4.59. The van der Waals surface area contributed by atoms with Gasteiger partial charge in [0, 0.05) is 12.1 Å². The molecule has 24 heavy (non-hydrogen) atoms. The van der Waals surface area contributed by atoms with E-state index in [1.54, 1.807) is 0 Å². The van der Waals surface area contributed by atoms with Gasteiger partial charge in [0.25, 0.3) is 0 Å². The van der Waals surface area contributed by atoms with Gasteiger partial charge in [-0.25, -0.2) is 0 Å². The van der Waals surface area contributed by atoms with Crippen LogP contribution >= 0.6 is 0 Å². The molecular formula is C14H12F5N3O2. The first-order valence-corrected chi connectivity index (χ1v) is 6.56. The number of nitrogens with zero attached hydrogens (tertiary/aromatic N) is 2. The normalized spacial score (nSPS) is 11.5. The van der Waals surface area contributed by atoms with Crippen LogP contribution < -0.4 is 14.8 Å². The third kappa shape index (κ3) is 4.67. The molecule has 2 aromatic rings. The van der Waals surface area contributed by atoms with Crippen molar-refractivity contribution in [2.75, 3.05) is 12.4 Å². The third-order valence-electron chi connectivity index (χ3n) is 2.90. The van der Waals surface area contributed by atoms with Crippen molar-refractivity contribution in [2.24, 2.45) is 0 Å². The Bertz CT molecular complexity index is 677. The summed E-state index contributed by atoms with van der Waals surface area (Å²) in [6.07, 6.45) is -4.59. The number of ether oxygens (including phenoxy) is 2. The highest BCUT2D eigenvalue weighted by molar-refractivity contribution is 5.43. The second-order valence-corrected chi connectivity index (χ2v) is 4.51. The fourth-order valence-corrected chi connectivity index (χ4v) is 1.80. The van der Waals surface area contributed by atoms with Gasteiger partial charge in [0.1, 0.15) is 17.3 Å². The Morgan fingerprint density at radius 2 is 1.88 bits per heavy atom. The predicted octanol–water partition coefficient (Wildman–Crippen LogP) is 3.72. The largest absolute Gasteiger partial charge is 0.497 e. The molecule has 1 aromatic carbocycles. The molecule has 0 atom stereocenters. The molecule has 1 N–H and O–H groups in total. The lowest BCUT2D eigenvalue weighted by Gasteiger charge is -2.13. The van der Waals surface area contributed by atoms with Crippen molar-refractivity contribution < 1.29 is 31.4 Å². The Morgan fingerprint density at radius 3 is 2.42 bits per heavy atom. The lowest BCUT2D eigenvalue weighted by Crippen LogP contribution is -2.11. The number of hydrogen-bond acceptors (Lipinski definition) is 5. The van der Waals surface area contributed by atoms with Crippen LogP contribution in [0.25, 0.3) is 0 Å². The number of halogens is 5. The lowest BCUT2D eigenvalue weighted by molar-refractivity contribution is -0.141. The smallest absolute Gasteiger partial charge is 0.435 e. The molecule has 1 heterocycles. The van der Waals surface area contributed by atoms with Gasteiger partial charge in [-0.2, -0.15) is 22.0 Å². The molecule has 2 rings (SSSR count). The van der Waals surface area contributed by atoms with Crippen LogP contribution in [0.3, 0.4) is 0 Å². The topological polar surface area (TPSA) is 56.3 Å². The van der Waals surface area contributed by atoms with E-state index in [1.807, 2.05) is 0 Å². The summed E-state index contributed by atoms with van der Waals surface area (Å²) in [5.74, 6) is 0.374. The Labute approximate surface area is 133 Å². The summed E-state index contributed by atoms with van der Waals surface area (Å²) in [5, 5.41) is 9.13. The Morgan fingerprint density at radius 1 is 1.12 bits per heavy atom. The van der Waals surface area contributed by atoms with Crippen LogP contribution in [-0.2, 0) is 12.7 Å². The number of nitrogens with one attached hydrogen (secondary N) is 1. The van der Waals surface area contributed by atoms with Crippen molar-refractivity contribution in [2.45, 2.75) is 19.3 Å². The quantitative estimate of drug-likeness (QED) is 0.806. The van der Waals surface area contributed by atoms with Gasteiger partial charge < -0.3 is 14.8 Å². The molecule has 0 bridgehead atoms. The fraction of sp³-hybridized carbons (Fsp3) is 0.286. The lowest BCUT2D eigenvalue weighted by atomic mass is 10.2. The van der Waals surface area contributed by atoms with E-state index in [1.165, 1.54) is 25.3 Å². The van der Waals surface area contributed by atoms with E-state index >= 15 is 0 Å². The highest BCUT2D eigenvalue weighted by Crippen LogP contribution is 2.28. The molecule has 5 nitrogen and oxygen atoms in total. The van der Waals surface area contributed by atoms with Crippen molar-refractivity contribution in [1.82, 2.24) is 10.2 Å². The predicted molar refractivity (Wildman–Crippen MR) is 74.0 cm³/mol. The molecule has 0 unspecified atom stereocenters. The Kier molecular flexibility index (Phi) is 5.37. The zero-order valence-corrected chi connectivity index (χ0v) is 12.3. The van der Waals surface area contributed by atoms with Crippen LogP contribution in [-0.4, -0.2) is 23.9 Å². The molecule has 130 valence electrons. The van der Waals surface area contributed by atoms with Gasteiger partial charge in [-0.15, -0.1) is 10.2 Å². The summed E-state index contributed by atoms with van der Waals surface area (Å²) in [5.41, 5.74) is -0.812. The molecule has 0 saturated heterocycles. The summed E-state index contributed by atoms with van der Waals surface area (Å²) in [6, 6.07) is 6.06. The van der Waals surface area contributed by atoms with Crippen molar-refractivity contribution in [1.29, 1.82) is 0 Å². The van der Waals surface area contributed by atoms with E-state index < -0.39 is 18.5 Å². The minimum absolute atomic E-state index is 0.0285.